The summed E-state index contributed by atoms with van der Waals surface area (Å²) in [6, 6.07) is 4.30. The van der Waals surface area contributed by atoms with Crippen molar-refractivity contribution in [1.29, 1.82) is 0 Å². The van der Waals surface area contributed by atoms with Gasteiger partial charge in [0.15, 0.2) is 0 Å². The highest BCUT2D eigenvalue weighted by Crippen LogP contribution is 2.25. The van der Waals surface area contributed by atoms with Crippen LogP contribution in [0.5, 0.6) is 0 Å². The largest absolute Gasteiger partial charge is 0.371 e. The maximum absolute atomic E-state index is 12.1. The van der Waals surface area contributed by atoms with Gasteiger partial charge < -0.3 is 9.80 Å². The summed E-state index contributed by atoms with van der Waals surface area (Å²) in [5, 5.41) is 0. The SMILES string of the molecule is CN1CCC(N(C)CCC2CCN(c3ccncc3)CC2)C1=O. The second kappa shape index (κ2) is 7.30. The predicted molar refractivity (Wildman–Crippen MR) is 92.5 cm³/mol. The predicted octanol–water partition coefficient (Wildman–Crippen LogP) is 1.85. The number of piperidine rings is 1. The van der Waals surface area contributed by atoms with Gasteiger partial charge in [0.2, 0.25) is 5.91 Å². The normalized spacial score (nSPS) is 23.1. The Morgan fingerprint density at radius 1 is 1.17 bits per heavy atom. The van der Waals surface area contributed by atoms with E-state index in [0.29, 0.717) is 5.91 Å². The summed E-state index contributed by atoms with van der Waals surface area (Å²) in [6.45, 7) is 4.19. The molecule has 0 N–H and O–H groups in total. The van der Waals surface area contributed by atoms with Crippen molar-refractivity contribution >= 4 is 11.6 Å². The molecule has 2 aliphatic heterocycles. The number of carbonyl (C=O) groups is 1. The zero-order valence-corrected chi connectivity index (χ0v) is 14.3. The fourth-order valence-electron chi connectivity index (χ4n) is 3.79. The topological polar surface area (TPSA) is 39.7 Å². The Kier molecular flexibility index (Phi) is 5.16. The molecule has 0 aromatic carbocycles. The molecular formula is C18H28N4O. The van der Waals surface area contributed by atoms with Gasteiger partial charge in [-0.3, -0.25) is 14.7 Å². The van der Waals surface area contributed by atoms with Gasteiger partial charge in [0, 0.05) is 44.8 Å². The van der Waals surface area contributed by atoms with Crippen molar-refractivity contribution < 1.29 is 4.79 Å². The van der Waals surface area contributed by atoms with Gasteiger partial charge in [0.1, 0.15) is 0 Å². The van der Waals surface area contributed by atoms with Crippen LogP contribution in [0.3, 0.4) is 0 Å². The molecule has 0 radical (unpaired) electrons. The Morgan fingerprint density at radius 2 is 1.87 bits per heavy atom. The van der Waals surface area contributed by atoms with Gasteiger partial charge >= 0.3 is 0 Å². The van der Waals surface area contributed by atoms with Gasteiger partial charge in [0.05, 0.1) is 6.04 Å². The summed E-state index contributed by atoms with van der Waals surface area (Å²) in [5.41, 5.74) is 1.29. The van der Waals surface area contributed by atoms with E-state index in [9.17, 15) is 4.79 Å². The zero-order chi connectivity index (χ0) is 16.2. The summed E-state index contributed by atoms with van der Waals surface area (Å²) < 4.78 is 0. The zero-order valence-electron chi connectivity index (χ0n) is 14.3. The van der Waals surface area contributed by atoms with Crippen LogP contribution in [0.1, 0.15) is 25.7 Å². The van der Waals surface area contributed by atoms with E-state index in [1.54, 1.807) is 0 Å². The van der Waals surface area contributed by atoms with E-state index in [0.717, 1.165) is 38.5 Å². The minimum Gasteiger partial charge on any atom is -0.371 e. The summed E-state index contributed by atoms with van der Waals surface area (Å²) in [5.74, 6) is 1.07. The lowest BCUT2D eigenvalue weighted by atomic mass is 9.93. The first-order valence-electron chi connectivity index (χ1n) is 8.75. The van der Waals surface area contributed by atoms with Crippen LogP contribution in [-0.2, 0) is 4.79 Å². The minimum absolute atomic E-state index is 0.108. The molecule has 2 aliphatic rings. The van der Waals surface area contributed by atoms with Crippen molar-refractivity contribution in [2.24, 2.45) is 5.92 Å². The molecule has 1 amide bonds. The molecular weight excluding hydrogens is 288 g/mol. The van der Waals surface area contributed by atoms with Crippen LogP contribution < -0.4 is 4.90 Å². The van der Waals surface area contributed by atoms with E-state index in [1.807, 2.05) is 24.3 Å². The molecule has 0 saturated carbocycles. The molecule has 1 unspecified atom stereocenters. The fraction of sp³-hybridized carbons (Fsp3) is 0.667. The molecule has 5 heteroatoms. The number of pyridine rings is 1. The highest BCUT2D eigenvalue weighted by Gasteiger charge is 2.32. The molecule has 3 heterocycles. The van der Waals surface area contributed by atoms with Gasteiger partial charge in [-0.05, 0) is 57.3 Å². The van der Waals surface area contributed by atoms with Crippen molar-refractivity contribution in [1.82, 2.24) is 14.8 Å². The average molecular weight is 316 g/mol. The van der Waals surface area contributed by atoms with Crippen LogP contribution in [0.25, 0.3) is 0 Å². The average Bonchev–Trinajstić information content (AvgIpc) is 2.93. The van der Waals surface area contributed by atoms with E-state index < -0.39 is 0 Å². The standard InChI is InChI=1S/C18H28N4O/c1-20(17-8-12-21(2)18(17)23)11-5-15-6-13-22(14-7-15)16-3-9-19-10-4-16/h3-4,9-10,15,17H,5-8,11-14H2,1-2H3. The first kappa shape index (κ1) is 16.2. The van der Waals surface area contributed by atoms with E-state index in [2.05, 4.69) is 34.0 Å². The number of rotatable bonds is 5. The molecule has 1 aromatic heterocycles. The summed E-state index contributed by atoms with van der Waals surface area (Å²) >= 11 is 0. The lowest BCUT2D eigenvalue weighted by molar-refractivity contribution is -0.130. The third-order valence-corrected chi connectivity index (χ3v) is 5.46. The lowest BCUT2D eigenvalue weighted by Gasteiger charge is -2.34. The fourth-order valence-corrected chi connectivity index (χ4v) is 3.79. The number of nitrogens with zero attached hydrogens (tertiary/aromatic N) is 4. The van der Waals surface area contributed by atoms with Crippen molar-refractivity contribution in [3.05, 3.63) is 24.5 Å². The number of aromatic nitrogens is 1. The van der Waals surface area contributed by atoms with Crippen LogP contribution in [-0.4, -0.2) is 67.0 Å². The number of carbonyl (C=O) groups excluding carboxylic acids is 1. The smallest absolute Gasteiger partial charge is 0.239 e. The van der Waals surface area contributed by atoms with Crippen LogP contribution >= 0.6 is 0 Å². The van der Waals surface area contributed by atoms with Crippen molar-refractivity contribution in [3.63, 3.8) is 0 Å². The molecule has 3 rings (SSSR count). The summed E-state index contributed by atoms with van der Waals surface area (Å²) in [7, 11) is 4.01. The van der Waals surface area contributed by atoms with Crippen molar-refractivity contribution in [2.75, 3.05) is 45.2 Å². The van der Waals surface area contributed by atoms with E-state index in [1.165, 1.54) is 24.9 Å². The quantitative estimate of drug-likeness (QED) is 0.831. The van der Waals surface area contributed by atoms with E-state index >= 15 is 0 Å². The molecule has 1 atom stereocenters. The molecule has 126 valence electrons. The summed E-state index contributed by atoms with van der Waals surface area (Å²) in [6.07, 6.45) is 8.40. The Labute approximate surface area is 139 Å². The number of likely N-dealkylation sites (N-methyl/N-ethyl adjacent to an activating group) is 2. The Morgan fingerprint density at radius 3 is 2.48 bits per heavy atom. The number of hydrogen-bond donors (Lipinski definition) is 0. The van der Waals surface area contributed by atoms with Crippen LogP contribution in [0, 0.1) is 5.92 Å². The van der Waals surface area contributed by atoms with Crippen LogP contribution in [0.4, 0.5) is 5.69 Å². The molecule has 0 aliphatic carbocycles. The van der Waals surface area contributed by atoms with Gasteiger partial charge in [-0.25, -0.2) is 0 Å². The molecule has 2 fully saturated rings. The molecule has 5 nitrogen and oxygen atoms in total. The maximum atomic E-state index is 12.1. The number of likely N-dealkylation sites (tertiary alicyclic amines) is 1. The van der Waals surface area contributed by atoms with Crippen molar-refractivity contribution in [2.45, 2.75) is 31.7 Å². The van der Waals surface area contributed by atoms with E-state index in [4.69, 9.17) is 0 Å². The van der Waals surface area contributed by atoms with Gasteiger partial charge in [-0.2, -0.15) is 0 Å². The second-order valence-corrected chi connectivity index (χ2v) is 6.97. The van der Waals surface area contributed by atoms with Gasteiger partial charge in [0.25, 0.3) is 0 Å². The highest BCUT2D eigenvalue weighted by atomic mass is 16.2. The van der Waals surface area contributed by atoms with Crippen molar-refractivity contribution in [3.8, 4) is 0 Å². The summed E-state index contributed by atoms with van der Waals surface area (Å²) in [4.78, 5) is 22.7. The third-order valence-electron chi connectivity index (χ3n) is 5.46. The number of hydrogen-bond acceptors (Lipinski definition) is 4. The lowest BCUT2D eigenvalue weighted by Crippen LogP contribution is -2.40. The second-order valence-electron chi connectivity index (χ2n) is 6.97. The van der Waals surface area contributed by atoms with Crippen LogP contribution in [0.15, 0.2) is 24.5 Å². The highest BCUT2D eigenvalue weighted by molar-refractivity contribution is 5.83. The molecule has 0 bridgehead atoms. The number of anilines is 1. The minimum atomic E-state index is 0.108. The Bertz CT molecular complexity index is 513. The monoisotopic (exact) mass is 316 g/mol. The number of amides is 1. The molecule has 0 spiro atoms. The Balaban J connectivity index is 1.42. The van der Waals surface area contributed by atoms with Crippen LogP contribution in [0.2, 0.25) is 0 Å². The maximum Gasteiger partial charge on any atom is 0.239 e. The van der Waals surface area contributed by atoms with Gasteiger partial charge in [-0.15, -0.1) is 0 Å². The first-order chi connectivity index (χ1) is 11.1. The Hall–Kier alpha value is -1.62. The first-order valence-corrected chi connectivity index (χ1v) is 8.75. The molecule has 1 aromatic rings. The molecule has 23 heavy (non-hydrogen) atoms. The molecule has 2 saturated heterocycles. The van der Waals surface area contributed by atoms with Gasteiger partial charge in [-0.1, -0.05) is 0 Å². The third kappa shape index (κ3) is 3.83. The van der Waals surface area contributed by atoms with E-state index in [-0.39, 0.29) is 6.04 Å².